The number of nitrogens with zero attached hydrogens (tertiary/aromatic N) is 2. The quantitative estimate of drug-likeness (QED) is 0.542. The molecule has 0 unspecified atom stereocenters. The van der Waals surface area contributed by atoms with Gasteiger partial charge in [0.2, 0.25) is 0 Å². The molecule has 0 atom stereocenters. The molecule has 112 valence electrons. The summed E-state index contributed by atoms with van der Waals surface area (Å²) in [6, 6.07) is 11.8. The monoisotopic (exact) mass is 422 g/mol. The highest BCUT2D eigenvalue weighted by Crippen LogP contribution is 2.21. The fourth-order valence-electron chi connectivity index (χ4n) is 2.27. The number of carbonyl (C=O) groups is 1. The number of halogens is 1. The summed E-state index contributed by atoms with van der Waals surface area (Å²) in [5.41, 5.74) is 4.26. The van der Waals surface area contributed by atoms with Gasteiger partial charge in [0, 0.05) is 10.6 Å². The lowest BCUT2D eigenvalue weighted by atomic mass is 10.1. The maximum atomic E-state index is 12.4. The first-order chi connectivity index (χ1) is 10.5. The number of aryl methyl sites for hydroxylation is 3. The number of amides is 1. The van der Waals surface area contributed by atoms with Gasteiger partial charge in [-0.1, -0.05) is 23.5 Å². The lowest BCUT2D eigenvalue weighted by Crippen LogP contribution is -2.13. The second kappa shape index (κ2) is 5.96. The zero-order valence-electron chi connectivity index (χ0n) is 12.6. The molecular weight excluding hydrogens is 407 g/mol. The van der Waals surface area contributed by atoms with E-state index in [1.54, 1.807) is 11.3 Å². The highest BCUT2D eigenvalue weighted by molar-refractivity contribution is 14.1. The summed E-state index contributed by atoms with van der Waals surface area (Å²) in [5.74, 6) is -0.194. The van der Waals surface area contributed by atoms with Gasteiger partial charge >= 0.3 is 0 Å². The van der Waals surface area contributed by atoms with Crippen molar-refractivity contribution in [1.82, 2.24) is 4.57 Å². The molecule has 0 aliphatic heterocycles. The Balaban J connectivity index is 2.16. The molecule has 1 aromatic heterocycles. The number of thiazole rings is 1. The predicted molar refractivity (Wildman–Crippen MR) is 99.3 cm³/mol. The van der Waals surface area contributed by atoms with E-state index in [2.05, 4.69) is 53.6 Å². The Morgan fingerprint density at radius 2 is 1.86 bits per heavy atom. The van der Waals surface area contributed by atoms with Crippen molar-refractivity contribution in [2.75, 3.05) is 0 Å². The van der Waals surface area contributed by atoms with Crippen LogP contribution in [0.15, 0.2) is 41.4 Å². The summed E-state index contributed by atoms with van der Waals surface area (Å²) in [6.45, 7) is 4.20. The van der Waals surface area contributed by atoms with Crippen LogP contribution in [0.5, 0.6) is 0 Å². The Hall–Kier alpha value is -1.47. The number of fused-ring (bicyclic) bond motifs is 1. The Labute approximate surface area is 146 Å². The van der Waals surface area contributed by atoms with Gasteiger partial charge in [0.05, 0.1) is 15.8 Å². The van der Waals surface area contributed by atoms with Crippen LogP contribution >= 0.6 is 33.9 Å². The van der Waals surface area contributed by atoms with Crippen LogP contribution in [0.1, 0.15) is 21.5 Å². The van der Waals surface area contributed by atoms with Crippen molar-refractivity contribution in [3.63, 3.8) is 0 Å². The molecule has 5 heteroatoms. The molecule has 0 saturated heterocycles. The van der Waals surface area contributed by atoms with Gasteiger partial charge < -0.3 is 4.57 Å². The van der Waals surface area contributed by atoms with Crippen molar-refractivity contribution < 1.29 is 4.79 Å². The number of benzene rings is 2. The van der Waals surface area contributed by atoms with Gasteiger partial charge in [0.15, 0.2) is 4.80 Å². The van der Waals surface area contributed by atoms with E-state index in [1.165, 1.54) is 11.1 Å². The molecule has 22 heavy (non-hydrogen) atoms. The maximum Gasteiger partial charge on any atom is 0.280 e. The predicted octanol–water partition coefficient (Wildman–Crippen LogP) is 4.20. The standard InChI is InChI=1S/C17H15IN2OS/c1-10-8-14-15(9-11(10)2)22-17(20(14)3)19-16(21)12-6-4-5-7-13(12)18/h4-9H,1-3H3. The topological polar surface area (TPSA) is 34.4 Å². The molecule has 0 aliphatic carbocycles. The molecule has 0 N–H and O–H groups in total. The zero-order chi connectivity index (χ0) is 15.9. The van der Waals surface area contributed by atoms with E-state index in [0.29, 0.717) is 5.56 Å². The van der Waals surface area contributed by atoms with Crippen molar-refractivity contribution in [3.8, 4) is 0 Å². The van der Waals surface area contributed by atoms with Gasteiger partial charge in [-0.3, -0.25) is 4.79 Å². The summed E-state index contributed by atoms with van der Waals surface area (Å²) in [7, 11) is 1.95. The molecule has 0 radical (unpaired) electrons. The van der Waals surface area contributed by atoms with Gasteiger partial charge in [-0.25, -0.2) is 0 Å². The Bertz CT molecular complexity index is 953. The van der Waals surface area contributed by atoms with Crippen molar-refractivity contribution in [3.05, 3.63) is 61.5 Å². The fourth-order valence-corrected chi connectivity index (χ4v) is 3.98. The van der Waals surface area contributed by atoms with Crippen molar-refractivity contribution in [2.24, 2.45) is 12.0 Å². The van der Waals surface area contributed by atoms with Crippen molar-refractivity contribution in [1.29, 1.82) is 0 Å². The number of aromatic nitrogens is 1. The van der Waals surface area contributed by atoms with Crippen LogP contribution in [0.4, 0.5) is 0 Å². The first-order valence-electron chi connectivity index (χ1n) is 6.88. The molecule has 3 aromatic rings. The van der Waals surface area contributed by atoms with E-state index in [9.17, 15) is 4.79 Å². The van der Waals surface area contributed by atoms with Crippen molar-refractivity contribution in [2.45, 2.75) is 13.8 Å². The highest BCUT2D eigenvalue weighted by Gasteiger charge is 2.10. The molecule has 2 aromatic carbocycles. The first-order valence-corrected chi connectivity index (χ1v) is 8.77. The largest absolute Gasteiger partial charge is 0.319 e. The Kier molecular flexibility index (Phi) is 4.18. The molecule has 0 saturated carbocycles. The second-order valence-electron chi connectivity index (χ2n) is 5.24. The molecule has 0 spiro atoms. The third-order valence-corrected chi connectivity index (χ3v) is 5.76. The van der Waals surface area contributed by atoms with Gasteiger partial charge in [0.1, 0.15) is 0 Å². The van der Waals surface area contributed by atoms with Crippen LogP contribution in [0.3, 0.4) is 0 Å². The van der Waals surface area contributed by atoms with Gasteiger partial charge in [0.25, 0.3) is 5.91 Å². The Morgan fingerprint density at radius 1 is 1.18 bits per heavy atom. The van der Waals surface area contributed by atoms with Crippen LogP contribution < -0.4 is 4.80 Å². The molecule has 0 bridgehead atoms. The molecule has 0 aliphatic rings. The number of hydrogen-bond donors (Lipinski definition) is 0. The normalized spacial score (nSPS) is 12.1. The van der Waals surface area contributed by atoms with E-state index in [4.69, 9.17) is 0 Å². The fraction of sp³-hybridized carbons (Fsp3) is 0.176. The van der Waals surface area contributed by atoms with E-state index in [0.717, 1.165) is 18.6 Å². The van der Waals surface area contributed by atoms with Gasteiger partial charge in [-0.2, -0.15) is 4.99 Å². The third-order valence-electron chi connectivity index (χ3n) is 3.73. The highest BCUT2D eigenvalue weighted by atomic mass is 127. The minimum atomic E-state index is -0.194. The zero-order valence-corrected chi connectivity index (χ0v) is 15.5. The SMILES string of the molecule is Cc1cc2sc(=NC(=O)c3ccccc3I)n(C)c2cc1C. The van der Waals surface area contributed by atoms with Crippen LogP contribution in [-0.2, 0) is 7.05 Å². The molecule has 1 heterocycles. The summed E-state index contributed by atoms with van der Waals surface area (Å²) in [5, 5.41) is 0. The van der Waals surface area contributed by atoms with Crippen LogP contribution in [0.2, 0.25) is 0 Å². The average molecular weight is 422 g/mol. The number of hydrogen-bond acceptors (Lipinski definition) is 2. The maximum absolute atomic E-state index is 12.4. The van der Waals surface area contributed by atoms with Crippen LogP contribution in [0, 0.1) is 17.4 Å². The van der Waals surface area contributed by atoms with E-state index < -0.39 is 0 Å². The Morgan fingerprint density at radius 3 is 2.59 bits per heavy atom. The van der Waals surface area contributed by atoms with Crippen LogP contribution in [0.25, 0.3) is 10.2 Å². The van der Waals surface area contributed by atoms with Gasteiger partial charge in [-0.15, -0.1) is 0 Å². The molecule has 3 nitrogen and oxygen atoms in total. The smallest absolute Gasteiger partial charge is 0.280 e. The summed E-state index contributed by atoms with van der Waals surface area (Å²) >= 11 is 3.71. The lowest BCUT2D eigenvalue weighted by Gasteiger charge is -2.01. The summed E-state index contributed by atoms with van der Waals surface area (Å²) < 4.78 is 4.06. The molecular formula is C17H15IN2OS. The van der Waals surface area contributed by atoms with Gasteiger partial charge in [-0.05, 0) is 71.8 Å². The minimum Gasteiger partial charge on any atom is -0.319 e. The summed E-state index contributed by atoms with van der Waals surface area (Å²) in [4.78, 5) is 17.5. The second-order valence-corrected chi connectivity index (χ2v) is 7.42. The lowest BCUT2D eigenvalue weighted by molar-refractivity contribution is 0.0997. The van der Waals surface area contributed by atoms with E-state index >= 15 is 0 Å². The van der Waals surface area contributed by atoms with E-state index in [-0.39, 0.29) is 5.91 Å². The summed E-state index contributed by atoms with van der Waals surface area (Å²) in [6.07, 6.45) is 0. The van der Waals surface area contributed by atoms with Crippen molar-refractivity contribution >= 4 is 50.1 Å². The minimum absolute atomic E-state index is 0.194. The number of rotatable bonds is 1. The third kappa shape index (κ3) is 2.75. The van der Waals surface area contributed by atoms with E-state index in [1.807, 2.05) is 35.9 Å². The molecule has 0 fully saturated rings. The first kappa shape index (κ1) is 15.4. The van der Waals surface area contributed by atoms with Crippen LogP contribution in [-0.4, -0.2) is 10.5 Å². The number of carbonyl (C=O) groups excluding carboxylic acids is 1. The molecule has 1 amide bonds. The average Bonchev–Trinajstić information content (AvgIpc) is 2.76. The molecule has 3 rings (SSSR count).